The monoisotopic (exact) mass is 562 g/mol. The topological polar surface area (TPSA) is 67.8 Å². The lowest BCUT2D eigenvalue weighted by molar-refractivity contribution is 0.0863. The van der Waals surface area contributed by atoms with Crippen LogP contribution in [0.5, 0.6) is 0 Å². The molecule has 0 aliphatic heterocycles. The first-order valence-electron chi connectivity index (χ1n) is 12.9. The first kappa shape index (κ1) is 41.0. The summed E-state index contributed by atoms with van der Waals surface area (Å²) in [6.45, 7) is 22.6. The van der Waals surface area contributed by atoms with Crippen molar-refractivity contribution in [2.75, 3.05) is 0 Å². The number of sulfonamides is 1. The first-order chi connectivity index (χ1) is 16.9. The molecule has 1 fully saturated rings. The molecule has 0 saturated heterocycles. The molecule has 0 atom stereocenters. The molecular formula is C33H58N2O3S. The Morgan fingerprint density at radius 3 is 1.38 bits per heavy atom. The third-order valence-electron chi connectivity index (χ3n) is 5.71. The normalized spacial score (nSPS) is 12.6. The molecule has 6 heteroatoms. The molecule has 2 aliphatic rings. The van der Waals surface area contributed by atoms with E-state index in [1.807, 2.05) is 39.8 Å². The third kappa shape index (κ3) is 13.5. The zero-order valence-electron chi connectivity index (χ0n) is 23.4. The first-order valence-corrected chi connectivity index (χ1v) is 14.4. The van der Waals surface area contributed by atoms with E-state index in [0.717, 1.165) is 41.5 Å². The molecule has 2 aliphatic carbocycles. The lowest BCUT2D eigenvalue weighted by atomic mass is 10.0. The maximum Gasteiger partial charge on any atom is 0.214 e. The van der Waals surface area contributed by atoms with E-state index in [-0.39, 0.29) is 39.7 Å². The smallest absolute Gasteiger partial charge is 0.214 e. The van der Waals surface area contributed by atoms with Gasteiger partial charge in [0.05, 0.1) is 5.25 Å². The molecule has 0 aromatic heterocycles. The molecule has 0 spiro atoms. The molecule has 0 unspecified atom stereocenters. The standard InChI is InChI=1S/C16H15NO.C6H13NO2S.C6H14.C2H4.3CH4/c1-11(2)18-17-16-14-9-5-3-7-12(14)13-8-4-6-10-15(13)16;1-5(2)7-10(8,9)6-3-4-6;1-5(2)6(3)4;1-2;;;/h3-11H,1-2H3;5-7H,3-4H2,1-2H3;5-6H,1-4H3;1-2H2;3*1H4. The predicted octanol–water partition coefficient (Wildman–Crippen LogP) is 9.33. The molecule has 0 bridgehead atoms. The van der Waals surface area contributed by atoms with Gasteiger partial charge < -0.3 is 4.84 Å². The Hall–Kier alpha value is -2.44. The fraction of sp³-hybridized carbons (Fsp3) is 0.545. The Labute approximate surface area is 242 Å². The maximum atomic E-state index is 11.1. The molecule has 0 heterocycles. The van der Waals surface area contributed by atoms with Crippen LogP contribution in [0.25, 0.3) is 11.1 Å². The van der Waals surface area contributed by atoms with Gasteiger partial charge in [0.15, 0.2) is 0 Å². The van der Waals surface area contributed by atoms with Crippen molar-refractivity contribution in [1.82, 2.24) is 4.72 Å². The number of oxime groups is 1. The minimum Gasteiger partial charge on any atom is -0.393 e. The molecule has 224 valence electrons. The summed E-state index contributed by atoms with van der Waals surface area (Å²) in [5.41, 5.74) is 5.71. The molecule has 39 heavy (non-hydrogen) atoms. The van der Waals surface area contributed by atoms with Crippen molar-refractivity contribution in [3.05, 3.63) is 72.8 Å². The maximum absolute atomic E-state index is 11.1. The number of rotatable bonds is 6. The minimum absolute atomic E-state index is 0. The highest BCUT2D eigenvalue weighted by Crippen LogP contribution is 2.36. The average Bonchev–Trinajstić information content (AvgIpc) is 3.63. The Morgan fingerprint density at radius 1 is 0.744 bits per heavy atom. The van der Waals surface area contributed by atoms with Crippen molar-refractivity contribution in [3.63, 3.8) is 0 Å². The Morgan fingerprint density at radius 2 is 1.10 bits per heavy atom. The number of hydrogen-bond acceptors (Lipinski definition) is 4. The van der Waals surface area contributed by atoms with Gasteiger partial charge in [0.1, 0.15) is 11.8 Å². The summed E-state index contributed by atoms with van der Waals surface area (Å²) in [6, 6.07) is 16.7. The summed E-state index contributed by atoms with van der Waals surface area (Å²) < 4.78 is 24.7. The zero-order chi connectivity index (χ0) is 27.5. The SMILES string of the molecule is C.C.C.C=C.CC(C)C(C)C.CC(C)NS(=O)(=O)C1CC1.CC(C)ON=C1c2ccccc2-c2ccccc21. The number of benzene rings is 2. The Bertz CT molecular complexity index is 1020. The summed E-state index contributed by atoms with van der Waals surface area (Å²) >= 11 is 0. The highest BCUT2D eigenvalue weighted by Gasteiger charge is 2.35. The molecule has 5 nitrogen and oxygen atoms in total. The second kappa shape index (κ2) is 19.6. The number of nitrogens with zero attached hydrogens (tertiary/aromatic N) is 1. The van der Waals surface area contributed by atoms with Gasteiger partial charge in [-0.15, -0.1) is 13.2 Å². The summed E-state index contributed by atoms with van der Waals surface area (Å²) in [5, 5.41) is 4.23. The van der Waals surface area contributed by atoms with Crippen molar-refractivity contribution >= 4 is 15.7 Å². The van der Waals surface area contributed by atoms with E-state index in [2.05, 4.69) is 87.1 Å². The summed E-state index contributed by atoms with van der Waals surface area (Å²) in [7, 11) is -2.94. The van der Waals surface area contributed by atoms with Crippen LogP contribution < -0.4 is 4.72 Å². The van der Waals surface area contributed by atoms with Crippen molar-refractivity contribution in [2.24, 2.45) is 17.0 Å². The van der Waals surface area contributed by atoms with Gasteiger partial charge >= 0.3 is 0 Å². The van der Waals surface area contributed by atoms with Gasteiger partial charge in [-0.05, 0) is 63.5 Å². The fourth-order valence-corrected chi connectivity index (χ4v) is 4.66. The Balaban J connectivity index is -0.000000531. The molecule has 4 rings (SSSR count). The number of hydrogen-bond donors (Lipinski definition) is 1. The van der Waals surface area contributed by atoms with Gasteiger partial charge in [0.2, 0.25) is 10.0 Å². The largest absolute Gasteiger partial charge is 0.393 e. The van der Waals surface area contributed by atoms with Gasteiger partial charge in [-0.3, -0.25) is 0 Å². The molecule has 1 saturated carbocycles. The molecule has 0 amide bonds. The van der Waals surface area contributed by atoms with E-state index in [1.165, 1.54) is 11.1 Å². The second-order valence-electron chi connectivity index (χ2n) is 10.2. The van der Waals surface area contributed by atoms with Crippen LogP contribution in [0.1, 0.15) is 102 Å². The van der Waals surface area contributed by atoms with Gasteiger partial charge in [-0.1, -0.05) is 104 Å². The number of fused-ring (bicyclic) bond motifs is 3. The molecule has 1 N–H and O–H groups in total. The Kier molecular flexibility index (Phi) is 20.6. The van der Waals surface area contributed by atoms with E-state index < -0.39 is 10.0 Å². The van der Waals surface area contributed by atoms with Crippen LogP contribution in [-0.4, -0.2) is 31.5 Å². The minimum atomic E-state index is -2.94. The molecule has 2 aromatic rings. The second-order valence-corrected chi connectivity index (χ2v) is 12.2. The van der Waals surface area contributed by atoms with Crippen molar-refractivity contribution in [2.45, 2.75) is 108 Å². The summed E-state index contributed by atoms with van der Waals surface area (Å²) in [4.78, 5) is 5.43. The van der Waals surface area contributed by atoms with Gasteiger partial charge in [0.25, 0.3) is 0 Å². The van der Waals surface area contributed by atoms with Crippen molar-refractivity contribution in [1.29, 1.82) is 0 Å². The van der Waals surface area contributed by atoms with Crippen LogP contribution in [0.2, 0.25) is 0 Å². The van der Waals surface area contributed by atoms with E-state index >= 15 is 0 Å². The van der Waals surface area contributed by atoms with Crippen LogP contribution in [0, 0.1) is 11.8 Å². The third-order valence-corrected chi connectivity index (χ3v) is 7.85. The van der Waals surface area contributed by atoms with Gasteiger partial charge in [0, 0.05) is 17.2 Å². The van der Waals surface area contributed by atoms with E-state index in [0.29, 0.717) is 0 Å². The van der Waals surface area contributed by atoms with E-state index in [9.17, 15) is 8.42 Å². The lowest BCUT2D eigenvalue weighted by Gasteiger charge is -2.07. The van der Waals surface area contributed by atoms with Gasteiger partial charge in [-0.2, -0.15) is 0 Å². The van der Waals surface area contributed by atoms with Crippen LogP contribution in [0.3, 0.4) is 0 Å². The highest BCUT2D eigenvalue weighted by molar-refractivity contribution is 7.90. The van der Waals surface area contributed by atoms with Crippen LogP contribution in [-0.2, 0) is 14.9 Å². The number of nitrogens with one attached hydrogen (secondary N) is 1. The van der Waals surface area contributed by atoms with E-state index in [4.69, 9.17) is 4.84 Å². The van der Waals surface area contributed by atoms with Crippen molar-refractivity contribution < 1.29 is 13.3 Å². The predicted molar refractivity (Wildman–Crippen MR) is 175 cm³/mol. The summed E-state index contributed by atoms with van der Waals surface area (Å²) in [5.74, 6) is 1.70. The van der Waals surface area contributed by atoms with E-state index in [1.54, 1.807) is 0 Å². The van der Waals surface area contributed by atoms with Crippen LogP contribution in [0.15, 0.2) is 66.8 Å². The molecule has 0 radical (unpaired) electrons. The molecule has 2 aromatic carbocycles. The summed E-state index contributed by atoms with van der Waals surface area (Å²) in [6.07, 6.45) is 1.77. The molecular weight excluding hydrogens is 504 g/mol. The van der Waals surface area contributed by atoms with Gasteiger partial charge in [-0.25, -0.2) is 13.1 Å². The fourth-order valence-electron chi connectivity index (χ4n) is 3.05. The van der Waals surface area contributed by atoms with Crippen molar-refractivity contribution in [3.8, 4) is 11.1 Å². The quantitative estimate of drug-likeness (QED) is 0.240. The average molecular weight is 563 g/mol. The zero-order valence-corrected chi connectivity index (χ0v) is 24.2. The highest BCUT2D eigenvalue weighted by atomic mass is 32.2. The lowest BCUT2D eigenvalue weighted by Crippen LogP contribution is -2.32. The van der Waals surface area contributed by atoms with Crippen LogP contribution >= 0.6 is 0 Å². The van der Waals surface area contributed by atoms with Crippen LogP contribution in [0.4, 0.5) is 0 Å².